The highest BCUT2D eigenvalue weighted by Gasteiger charge is 2.16. The molecule has 1 N–H and O–H groups in total. The molecular weight excluding hydrogens is 329 g/mol. The molecule has 7 heteroatoms. The Balaban J connectivity index is 2.09. The van der Waals surface area contributed by atoms with Crippen molar-refractivity contribution in [2.24, 2.45) is 7.05 Å². The number of halogens is 1. The maximum Gasteiger partial charge on any atom is 0.253 e. The van der Waals surface area contributed by atoms with E-state index >= 15 is 0 Å². The van der Waals surface area contributed by atoms with Gasteiger partial charge in [-0.3, -0.25) is 4.79 Å². The Morgan fingerprint density at radius 2 is 2.29 bits per heavy atom. The first-order valence-corrected chi connectivity index (χ1v) is 8.70. The van der Waals surface area contributed by atoms with Gasteiger partial charge in [-0.1, -0.05) is 13.3 Å². The van der Waals surface area contributed by atoms with E-state index in [-0.39, 0.29) is 5.91 Å². The van der Waals surface area contributed by atoms with E-state index in [1.165, 1.54) is 23.9 Å². The number of aryl methyl sites for hydroxylation is 1. The first-order chi connectivity index (χ1) is 11.5. The Kier molecular flexibility index (Phi) is 6.81. The van der Waals surface area contributed by atoms with Crippen LogP contribution in [0.2, 0.25) is 0 Å². The molecule has 24 heavy (non-hydrogen) atoms. The number of benzene rings is 1. The number of hydrogen-bond donors (Lipinski definition) is 1. The molecular formula is C17H22FN3O2S. The number of anilines is 1. The third kappa shape index (κ3) is 5.07. The zero-order chi connectivity index (χ0) is 17.5. The molecule has 1 aromatic heterocycles. The number of ether oxygens (including phenoxy) is 1. The number of carbonyl (C=O) groups excluding carboxylic acids is 1. The van der Waals surface area contributed by atoms with Gasteiger partial charge in [0.1, 0.15) is 11.9 Å². The summed E-state index contributed by atoms with van der Waals surface area (Å²) in [6.45, 7) is 4.28. The van der Waals surface area contributed by atoms with Gasteiger partial charge in [0.25, 0.3) is 5.91 Å². The SMILES string of the molecule is CCCCOC(C)C(=O)Nc1cc(F)ccc1Sc1nccn1C. The summed E-state index contributed by atoms with van der Waals surface area (Å²) in [7, 11) is 1.88. The molecule has 0 spiro atoms. The predicted molar refractivity (Wildman–Crippen MR) is 92.7 cm³/mol. The summed E-state index contributed by atoms with van der Waals surface area (Å²) in [5.74, 6) is -0.701. The van der Waals surface area contributed by atoms with Gasteiger partial charge in [-0.2, -0.15) is 0 Å². The quantitative estimate of drug-likeness (QED) is 0.734. The van der Waals surface area contributed by atoms with Crippen molar-refractivity contribution in [3.05, 3.63) is 36.4 Å². The molecule has 5 nitrogen and oxygen atoms in total. The molecule has 2 aromatic rings. The predicted octanol–water partition coefficient (Wildman–Crippen LogP) is 3.85. The van der Waals surface area contributed by atoms with Crippen LogP contribution < -0.4 is 5.32 Å². The smallest absolute Gasteiger partial charge is 0.253 e. The largest absolute Gasteiger partial charge is 0.369 e. The number of rotatable bonds is 8. The van der Waals surface area contributed by atoms with E-state index in [4.69, 9.17) is 4.74 Å². The standard InChI is InChI=1S/C17H22FN3O2S/c1-4-5-10-23-12(2)16(22)20-14-11-13(18)6-7-15(14)24-17-19-8-9-21(17)3/h6-9,11-12H,4-5,10H2,1-3H3,(H,20,22). The number of nitrogens with zero attached hydrogens (tertiary/aromatic N) is 2. The molecule has 0 aliphatic carbocycles. The van der Waals surface area contributed by atoms with Crippen molar-refractivity contribution in [1.82, 2.24) is 9.55 Å². The van der Waals surface area contributed by atoms with Crippen LogP contribution in [0.15, 0.2) is 40.6 Å². The Morgan fingerprint density at radius 1 is 1.50 bits per heavy atom. The second-order valence-corrected chi connectivity index (χ2v) is 6.43. The van der Waals surface area contributed by atoms with E-state index in [0.29, 0.717) is 12.3 Å². The monoisotopic (exact) mass is 351 g/mol. The Morgan fingerprint density at radius 3 is 2.96 bits per heavy atom. The summed E-state index contributed by atoms with van der Waals surface area (Å²) < 4.78 is 20.9. The highest BCUT2D eigenvalue weighted by Crippen LogP contribution is 2.33. The lowest BCUT2D eigenvalue weighted by Crippen LogP contribution is -2.28. The molecule has 1 unspecified atom stereocenters. The van der Waals surface area contributed by atoms with Gasteiger partial charge in [0.15, 0.2) is 5.16 Å². The molecule has 0 saturated carbocycles. The van der Waals surface area contributed by atoms with Gasteiger partial charge in [-0.05, 0) is 43.3 Å². The summed E-state index contributed by atoms with van der Waals surface area (Å²) in [4.78, 5) is 17.2. The van der Waals surface area contributed by atoms with E-state index in [9.17, 15) is 9.18 Å². The summed E-state index contributed by atoms with van der Waals surface area (Å²) in [6, 6.07) is 4.30. The van der Waals surface area contributed by atoms with Crippen LogP contribution in [0.25, 0.3) is 0 Å². The van der Waals surface area contributed by atoms with Gasteiger partial charge in [0, 0.05) is 30.9 Å². The lowest BCUT2D eigenvalue weighted by atomic mass is 10.3. The molecule has 1 amide bonds. The number of nitrogens with one attached hydrogen (secondary N) is 1. The van der Waals surface area contributed by atoms with Crippen LogP contribution in [-0.4, -0.2) is 28.2 Å². The van der Waals surface area contributed by atoms with E-state index in [2.05, 4.69) is 17.2 Å². The van der Waals surface area contributed by atoms with Crippen molar-refractivity contribution in [3.8, 4) is 0 Å². The van der Waals surface area contributed by atoms with Crippen molar-refractivity contribution >= 4 is 23.4 Å². The number of amides is 1. The van der Waals surface area contributed by atoms with Crippen LogP contribution in [0.3, 0.4) is 0 Å². The molecule has 0 saturated heterocycles. The molecule has 1 aromatic carbocycles. The summed E-state index contributed by atoms with van der Waals surface area (Å²) in [5, 5.41) is 3.50. The fourth-order valence-electron chi connectivity index (χ4n) is 1.95. The van der Waals surface area contributed by atoms with Crippen LogP contribution in [0, 0.1) is 5.82 Å². The van der Waals surface area contributed by atoms with Crippen LogP contribution in [0.1, 0.15) is 26.7 Å². The van der Waals surface area contributed by atoms with E-state index in [0.717, 1.165) is 22.9 Å². The second-order valence-electron chi connectivity index (χ2n) is 5.42. The minimum atomic E-state index is -0.592. The highest BCUT2D eigenvalue weighted by atomic mass is 32.2. The van der Waals surface area contributed by atoms with Crippen LogP contribution in [0.5, 0.6) is 0 Å². The van der Waals surface area contributed by atoms with E-state index in [1.54, 1.807) is 19.2 Å². The van der Waals surface area contributed by atoms with Crippen LogP contribution >= 0.6 is 11.8 Å². The minimum Gasteiger partial charge on any atom is -0.369 e. The van der Waals surface area contributed by atoms with Crippen molar-refractivity contribution < 1.29 is 13.9 Å². The zero-order valence-corrected chi connectivity index (χ0v) is 14.9. The normalized spacial score (nSPS) is 12.2. The zero-order valence-electron chi connectivity index (χ0n) is 14.1. The summed E-state index contributed by atoms with van der Waals surface area (Å²) in [6.07, 6.45) is 4.83. The Labute approximate surface area is 145 Å². The fourth-order valence-corrected chi connectivity index (χ4v) is 2.82. The molecule has 0 aliphatic rings. The van der Waals surface area contributed by atoms with Crippen LogP contribution in [0.4, 0.5) is 10.1 Å². The first kappa shape index (κ1) is 18.5. The number of imidazole rings is 1. The van der Waals surface area contributed by atoms with Crippen molar-refractivity contribution in [2.45, 2.75) is 42.8 Å². The lowest BCUT2D eigenvalue weighted by Gasteiger charge is -2.15. The molecule has 130 valence electrons. The molecule has 0 bridgehead atoms. The van der Waals surface area contributed by atoms with Crippen molar-refractivity contribution in [2.75, 3.05) is 11.9 Å². The van der Waals surface area contributed by atoms with Crippen molar-refractivity contribution in [3.63, 3.8) is 0 Å². The van der Waals surface area contributed by atoms with Gasteiger partial charge in [-0.25, -0.2) is 9.37 Å². The summed E-state index contributed by atoms with van der Waals surface area (Å²) in [5.41, 5.74) is 0.416. The third-order valence-electron chi connectivity index (χ3n) is 3.41. The number of hydrogen-bond acceptors (Lipinski definition) is 4. The topological polar surface area (TPSA) is 56.1 Å². The fraction of sp³-hybridized carbons (Fsp3) is 0.412. The molecule has 0 fully saturated rings. The minimum absolute atomic E-state index is 0.293. The van der Waals surface area contributed by atoms with E-state index < -0.39 is 11.9 Å². The van der Waals surface area contributed by atoms with E-state index in [1.807, 2.05) is 17.8 Å². The maximum absolute atomic E-state index is 13.6. The molecule has 1 heterocycles. The molecule has 2 rings (SSSR count). The van der Waals surface area contributed by atoms with Gasteiger partial charge in [0.05, 0.1) is 5.69 Å². The number of unbranched alkanes of at least 4 members (excludes halogenated alkanes) is 1. The van der Waals surface area contributed by atoms with Gasteiger partial charge in [-0.15, -0.1) is 0 Å². The average Bonchev–Trinajstić information content (AvgIpc) is 2.95. The van der Waals surface area contributed by atoms with Crippen LogP contribution in [-0.2, 0) is 16.6 Å². The summed E-state index contributed by atoms with van der Waals surface area (Å²) >= 11 is 1.36. The maximum atomic E-state index is 13.6. The Bertz CT molecular complexity index is 690. The van der Waals surface area contributed by atoms with Crippen molar-refractivity contribution in [1.29, 1.82) is 0 Å². The van der Waals surface area contributed by atoms with Gasteiger partial charge in [0.2, 0.25) is 0 Å². The van der Waals surface area contributed by atoms with Gasteiger partial charge >= 0.3 is 0 Å². The molecule has 0 aliphatic heterocycles. The average molecular weight is 351 g/mol. The second kappa shape index (κ2) is 8.84. The first-order valence-electron chi connectivity index (χ1n) is 7.88. The highest BCUT2D eigenvalue weighted by molar-refractivity contribution is 7.99. The molecule has 1 atom stereocenters. The Hall–Kier alpha value is -1.86. The number of aromatic nitrogens is 2. The number of carbonyl (C=O) groups is 1. The lowest BCUT2D eigenvalue weighted by molar-refractivity contribution is -0.126. The molecule has 0 radical (unpaired) electrons. The third-order valence-corrected chi connectivity index (χ3v) is 4.56. The van der Waals surface area contributed by atoms with Gasteiger partial charge < -0.3 is 14.6 Å².